The number of morpholine rings is 1. The van der Waals surface area contributed by atoms with Crippen LogP contribution in [0.15, 0.2) is 24.3 Å². The molecule has 0 aromatic heterocycles. The van der Waals surface area contributed by atoms with E-state index in [2.05, 4.69) is 32.2 Å². The lowest BCUT2D eigenvalue weighted by Gasteiger charge is -2.35. The van der Waals surface area contributed by atoms with Gasteiger partial charge in [-0.05, 0) is 29.9 Å². The third kappa shape index (κ3) is 4.80. The average molecular weight is 373 g/mol. The summed E-state index contributed by atoms with van der Waals surface area (Å²) in [5.41, 5.74) is 1.94. The number of ether oxygens (including phenoxy) is 1. The number of anilines is 1. The Balaban J connectivity index is 1.55. The second-order valence-electron chi connectivity index (χ2n) is 8.42. The molecule has 0 aliphatic carbocycles. The van der Waals surface area contributed by atoms with Crippen molar-refractivity contribution in [1.29, 1.82) is 0 Å². The van der Waals surface area contributed by atoms with E-state index < -0.39 is 0 Å². The highest BCUT2D eigenvalue weighted by Gasteiger charge is 2.31. The Morgan fingerprint density at radius 3 is 2.26 bits per heavy atom. The van der Waals surface area contributed by atoms with E-state index in [1.165, 1.54) is 0 Å². The van der Waals surface area contributed by atoms with Crippen molar-refractivity contribution in [3.8, 4) is 0 Å². The van der Waals surface area contributed by atoms with Gasteiger partial charge in [0.2, 0.25) is 5.91 Å². The van der Waals surface area contributed by atoms with Gasteiger partial charge >= 0.3 is 6.03 Å². The van der Waals surface area contributed by atoms with Crippen LogP contribution < -0.4 is 5.32 Å². The lowest BCUT2D eigenvalue weighted by molar-refractivity contribution is -0.140. The molecule has 3 amide bonds. The third-order valence-corrected chi connectivity index (χ3v) is 5.43. The van der Waals surface area contributed by atoms with E-state index >= 15 is 0 Å². The molecule has 0 saturated carbocycles. The lowest BCUT2D eigenvalue weighted by atomic mass is 9.86. The van der Waals surface area contributed by atoms with E-state index in [-0.39, 0.29) is 23.3 Å². The van der Waals surface area contributed by atoms with E-state index in [1.807, 2.05) is 28.0 Å². The first kappa shape index (κ1) is 19.7. The van der Waals surface area contributed by atoms with Gasteiger partial charge < -0.3 is 19.9 Å². The van der Waals surface area contributed by atoms with Gasteiger partial charge in [0.05, 0.1) is 13.2 Å². The molecule has 3 rings (SSSR count). The summed E-state index contributed by atoms with van der Waals surface area (Å²) in [6.07, 6.45) is 1.45. The minimum absolute atomic E-state index is 0.0222. The first-order valence-corrected chi connectivity index (χ1v) is 9.88. The zero-order valence-electron chi connectivity index (χ0n) is 16.7. The van der Waals surface area contributed by atoms with Gasteiger partial charge in [-0.3, -0.25) is 4.79 Å². The normalized spacial score (nSPS) is 19.1. The van der Waals surface area contributed by atoms with Crippen LogP contribution in [0.1, 0.15) is 39.2 Å². The summed E-state index contributed by atoms with van der Waals surface area (Å²) in [7, 11) is 0. The summed E-state index contributed by atoms with van der Waals surface area (Å²) in [5, 5.41) is 3.07. The number of carbonyl (C=O) groups is 2. The number of urea groups is 1. The van der Waals surface area contributed by atoms with Crippen molar-refractivity contribution in [3.63, 3.8) is 0 Å². The van der Waals surface area contributed by atoms with Gasteiger partial charge in [-0.25, -0.2) is 4.79 Å². The summed E-state index contributed by atoms with van der Waals surface area (Å²) in [6.45, 7) is 10.3. The van der Waals surface area contributed by atoms with Crippen LogP contribution in [0.2, 0.25) is 0 Å². The highest BCUT2D eigenvalue weighted by molar-refractivity contribution is 5.90. The highest BCUT2D eigenvalue weighted by Crippen LogP contribution is 2.30. The molecule has 6 heteroatoms. The minimum Gasteiger partial charge on any atom is -0.378 e. The van der Waals surface area contributed by atoms with Crippen LogP contribution in [-0.4, -0.2) is 61.1 Å². The van der Waals surface area contributed by atoms with Crippen molar-refractivity contribution in [2.24, 2.45) is 5.92 Å². The fraction of sp³-hybridized carbons (Fsp3) is 0.619. The van der Waals surface area contributed by atoms with Crippen molar-refractivity contribution < 1.29 is 14.3 Å². The molecular weight excluding hydrogens is 342 g/mol. The number of piperidine rings is 1. The van der Waals surface area contributed by atoms with Crippen molar-refractivity contribution in [1.82, 2.24) is 9.80 Å². The smallest absolute Gasteiger partial charge is 0.321 e. The maximum absolute atomic E-state index is 12.7. The van der Waals surface area contributed by atoms with Gasteiger partial charge in [0, 0.05) is 37.8 Å². The maximum Gasteiger partial charge on any atom is 0.321 e. The molecule has 2 fully saturated rings. The monoisotopic (exact) mass is 373 g/mol. The molecule has 2 saturated heterocycles. The van der Waals surface area contributed by atoms with Crippen molar-refractivity contribution in [2.45, 2.75) is 39.0 Å². The topological polar surface area (TPSA) is 61.9 Å². The van der Waals surface area contributed by atoms with Crippen LogP contribution in [0.3, 0.4) is 0 Å². The molecule has 1 aromatic carbocycles. The molecule has 0 atom stereocenters. The van der Waals surface area contributed by atoms with Gasteiger partial charge in [-0.2, -0.15) is 0 Å². The zero-order chi connectivity index (χ0) is 19.4. The van der Waals surface area contributed by atoms with Crippen LogP contribution in [0.4, 0.5) is 10.5 Å². The molecule has 2 heterocycles. The van der Waals surface area contributed by atoms with Crippen LogP contribution in [0.5, 0.6) is 0 Å². The van der Waals surface area contributed by atoms with Crippen LogP contribution >= 0.6 is 0 Å². The fourth-order valence-corrected chi connectivity index (χ4v) is 3.81. The molecule has 2 aliphatic rings. The number of amides is 3. The molecule has 0 unspecified atom stereocenters. The predicted octanol–water partition coefficient (Wildman–Crippen LogP) is 3.09. The third-order valence-electron chi connectivity index (χ3n) is 5.43. The number of para-hydroxylation sites is 1. The van der Waals surface area contributed by atoms with Crippen LogP contribution in [0, 0.1) is 5.92 Å². The van der Waals surface area contributed by atoms with Crippen molar-refractivity contribution in [3.05, 3.63) is 29.8 Å². The fourth-order valence-electron chi connectivity index (χ4n) is 3.81. The molecule has 148 valence electrons. The highest BCUT2D eigenvalue weighted by atomic mass is 16.5. The van der Waals surface area contributed by atoms with Crippen LogP contribution in [0.25, 0.3) is 0 Å². The maximum atomic E-state index is 12.7. The number of nitrogens with zero attached hydrogens (tertiary/aromatic N) is 2. The van der Waals surface area contributed by atoms with Gasteiger partial charge in [-0.15, -0.1) is 0 Å². The predicted molar refractivity (Wildman–Crippen MR) is 106 cm³/mol. The molecule has 1 N–H and O–H groups in total. The van der Waals surface area contributed by atoms with Crippen LogP contribution in [-0.2, 0) is 14.9 Å². The number of rotatable bonds is 2. The molecule has 2 aliphatic heterocycles. The van der Waals surface area contributed by atoms with Crippen molar-refractivity contribution >= 4 is 17.6 Å². The summed E-state index contributed by atoms with van der Waals surface area (Å²) in [5.74, 6) is 0.241. The number of carbonyl (C=O) groups excluding carboxylic acids is 2. The molecule has 6 nitrogen and oxygen atoms in total. The number of nitrogens with one attached hydrogen (secondary N) is 1. The Kier molecular flexibility index (Phi) is 6.05. The lowest BCUT2D eigenvalue weighted by Crippen LogP contribution is -2.48. The van der Waals surface area contributed by atoms with E-state index in [0.717, 1.165) is 24.1 Å². The first-order valence-electron chi connectivity index (χ1n) is 9.88. The van der Waals surface area contributed by atoms with E-state index in [4.69, 9.17) is 4.74 Å². The Bertz CT molecular complexity index is 669. The summed E-state index contributed by atoms with van der Waals surface area (Å²) >= 11 is 0. The Hall–Kier alpha value is -2.08. The Morgan fingerprint density at radius 1 is 1.00 bits per heavy atom. The average Bonchev–Trinajstić information content (AvgIpc) is 2.68. The van der Waals surface area contributed by atoms with Gasteiger partial charge in [0.1, 0.15) is 0 Å². The Morgan fingerprint density at radius 2 is 1.63 bits per heavy atom. The largest absolute Gasteiger partial charge is 0.378 e. The second-order valence-corrected chi connectivity index (χ2v) is 8.42. The van der Waals surface area contributed by atoms with E-state index in [0.29, 0.717) is 39.4 Å². The summed E-state index contributed by atoms with van der Waals surface area (Å²) in [4.78, 5) is 29.1. The minimum atomic E-state index is -0.0797. The molecule has 1 aromatic rings. The van der Waals surface area contributed by atoms with E-state index in [1.54, 1.807) is 0 Å². The number of likely N-dealkylation sites (tertiary alicyclic amines) is 1. The Labute approximate surface area is 161 Å². The number of hydrogen-bond acceptors (Lipinski definition) is 3. The number of hydrogen-bond donors (Lipinski definition) is 1. The quantitative estimate of drug-likeness (QED) is 0.867. The first-order chi connectivity index (χ1) is 12.9. The number of benzene rings is 1. The zero-order valence-corrected chi connectivity index (χ0v) is 16.7. The molecular formula is C21H31N3O3. The van der Waals surface area contributed by atoms with Gasteiger partial charge in [-0.1, -0.05) is 39.0 Å². The standard InChI is InChI=1S/C21H31N3O3/c1-21(2,3)17-6-4-5-7-18(17)22-20(26)24-10-8-16(9-11-24)19(25)23-12-14-27-15-13-23/h4-7,16H,8-15H2,1-3H3,(H,22,26). The van der Waals surface area contributed by atoms with Gasteiger partial charge in [0.15, 0.2) is 0 Å². The van der Waals surface area contributed by atoms with E-state index in [9.17, 15) is 9.59 Å². The summed E-state index contributed by atoms with van der Waals surface area (Å²) in [6, 6.07) is 7.87. The second kappa shape index (κ2) is 8.30. The molecule has 27 heavy (non-hydrogen) atoms. The molecule has 0 bridgehead atoms. The van der Waals surface area contributed by atoms with Gasteiger partial charge in [0.25, 0.3) is 0 Å². The molecule has 0 radical (unpaired) electrons. The molecule has 0 spiro atoms. The summed E-state index contributed by atoms with van der Waals surface area (Å²) < 4.78 is 5.32. The van der Waals surface area contributed by atoms with Crippen molar-refractivity contribution in [2.75, 3.05) is 44.7 Å². The SMILES string of the molecule is CC(C)(C)c1ccccc1NC(=O)N1CCC(C(=O)N2CCOCC2)CC1.